The molecule has 0 spiro atoms. The number of hydrogen-bond donors (Lipinski definition) is 0. The molecule has 0 nitrogen and oxygen atoms in total. The second-order valence-corrected chi connectivity index (χ2v) is 14.9. The first-order valence-electron chi connectivity index (χ1n) is 9.36. The van der Waals surface area contributed by atoms with Crippen LogP contribution in [0.2, 0.25) is 0 Å². The predicted octanol–water partition coefficient (Wildman–Crippen LogP) is 0.234. The van der Waals surface area contributed by atoms with Crippen LogP contribution in [0, 0.1) is 11.8 Å². The second kappa shape index (κ2) is 8.39. The molecule has 0 aliphatic heterocycles. The van der Waals surface area contributed by atoms with Crippen LogP contribution in [-0.2, 0) is 29.2 Å². The fourth-order valence-corrected chi connectivity index (χ4v) is 12.9. The fraction of sp³-hybridized carbons (Fsp3) is 0.333. The fourth-order valence-electron chi connectivity index (χ4n) is 4.52. The van der Waals surface area contributed by atoms with Crippen molar-refractivity contribution >= 4 is 12.2 Å². The van der Waals surface area contributed by atoms with Gasteiger partial charge in [0.2, 0.25) is 0 Å². The zero-order valence-corrected chi connectivity index (χ0v) is 21.4. The Balaban J connectivity index is 0.00000131. The van der Waals surface area contributed by atoms with Crippen LogP contribution in [0.15, 0.2) is 60.7 Å². The van der Waals surface area contributed by atoms with E-state index in [1.54, 1.807) is 11.1 Å². The predicted molar refractivity (Wildman–Crippen MR) is 104 cm³/mol. The molecule has 2 aliphatic carbocycles. The van der Waals surface area contributed by atoms with Gasteiger partial charge in [-0.15, -0.1) is 0 Å². The van der Waals surface area contributed by atoms with Crippen LogP contribution in [0.3, 0.4) is 0 Å². The minimum Gasteiger partial charge on any atom is -1.00 e. The van der Waals surface area contributed by atoms with E-state index in [4.69, 9.17) is 0 Å². The van der Waals surface area contributed by atoms with E-state index in [-0.39, 0.29) is 24.8 Å². The second-order valence-electron chi connectivity index (χ2n) is 8.01. The van der Waals surface area contributed by atoms with Gasteiger partial charge in [-0.05, 0) is 0 Å². The van der Waals surface area contributed by atoms with Gasteiger partial charge in [-0.25, -0.2) is 0 Å². The molecule has 2 aromatic rings. The molecule has 2 aliphatic rings. The molecule has 0 radical (unpaired) electrons. The molecule has 0 bridgehead atoms. The van der Waals surface area contributed by atoms with Gasteiger partial charge >= 0.3 is 164 Å². The Kier molecular flexibility index (Phi) is 7.04. The van der Waals surface area contributed by atoms with Crippen molar-refractivity contribution in [3.63, 3.8) is 0 Å². The molecular weight excluding hydrogens is 538 g/mol. The zero-order chi connectivity index (χ0) is 17.7. The molecule has 0 saturated carbocycles. The van der Waals surface area contributed by atoms with Crippen molar-refractivity contribution in [3.8, 4) is 0 Å². The number of rotatable bonds is 4. The Labute approximate surface area is 187 Å². The summed E-state index contributed by atoms with van der Waals surface area (Å²) in [6, 6.07) is 18.2. The summed E-state index contributed by atoms with van der Waals surface area (Å²) in [5, 5.41) is 0. The van der Waals surface area contributed by atoms with E-state index in [2.05, 4.69) is 101 Å². The van der Waals surface area contributed by atoms with Crippen molar-refractivity contribution in [1.82, 2.24) is 0 Å². The number of fused-ring (bicyclic) bond motifs is 2. The minimum atomic E-state index is -1.20. The number of benzene rings is 2. The molecular formula is C24H26Cl2Hf. The van der Waals surface area contributed by atoms with Crippen molar-refractivity contribution in [2.75, 3.05) is 0 Å². The van der Waals surface area contributed by atoms with Crippen LogP contribution in [0.25, 0.3) is 12.2 Å². The van der Waals surface area contributed by atoms with E-state index in [1.165, 1.54) is 11.1 Å². The molecule has 4 rings (SSSR count). The van der Waals surface area contributed by atoms with E-state index < -0.39 is 22.9 Å². The molecule has 0 aromatic heterocycles. The normalized spacial score (nSPS) is 24.2. The van der Waals surface area contributed by atoms with Gasteiger partial charge in [0.25, 0.3) is 0 Å². The first-order valence-corrected chi connectivity index (χ1v) is 13.0. The van der Waals surface area contributed by atoms with Crippen LogP contribution < -0.4 is 24.8 Å². The van der Waals surface area contributed by atoms with Crippen molar-refractivity contribution in [2.45, 2.75) is 34.0 Å². The molecule has 27 heavy (non-hydrogen) atoms. The summed E-state index contributed by atoms with van der Waals surface area (Å²) in [5.74, 6) is 1.29. The van der Waals surface area contributed by atoms with Crippen LogP contribution in [-0.4, -0.2) is 0 Å². The maximum atomic E-state index is 2.57. The quantitative estimate of drug-likeness (QED) is 0.468. The van der Waals surface area contributed by atoms with Crippen LogP contribution in [0.5, 0.6) is 0 Å². The largest absolute Gasteiger partial charge is 1.00 e. The molecule has 0 amide bonds. The first-order chi connectivity index (χ1) is 12.0. The molecule has 0 saturated heterocycles. The Morgan fingerprint density at radius 3 is 1.37 bits per heavy atom. The number of allylic oxidation sites excluding steroid dienone is 2. The van der Waals surface area contributed by atoms with E-state index >= 15 is 0 Å². The number of hydrogen-bond acceptors (Lipinski definition) is 0. The summed E-state index contributed by atoms with van der Waals surface area (Å²) in [5.41, 5.74) is 6.06. The topological polar surface area (TPSA) is 0 Å². The van der Waals surface area contributed by atoms with E-state index in [1.807, 2.05) is 0 Å². The maximum absolute atomic E-state index is 2.57. The monoisotopic (exact) mass is 564 g/mol. The summed E-state index contributed by atoms with van der Waals surface area (Å²) in [6.07, 6.45) is 9.93. The van der Waals surface area contributed by atoms with Gasteiger partial charge in [0.05, 0.1) is 0 Å². The van der Waals surface area contributed by atoms with E-state index in [9.17, 15) is 0 Å². The molecule has 2 aromatic carbocycles. The van der Waals surface area contributed by atoms with E-state index in [0.717, 1.165) is 0 Å². The Hall–Kier alpha value is -0.630. The third kappa shape index (κ3) is 3.45. The summed E-state index contributed by atoms with van der Waals surface area (Å²) < 4.78 is 0.589. The first kappa shape index (κ1) is 22.7. The Bertz CT molecular complexity index is 797. The molecule has 3 heteroatoms. The Morgan fingerprint density at radius 1 is 0.630 bits per heavy atom. The Morgan fingerprint density at radius 2 is 1.00 bits per heavy atom. The third-order valence-corrected chi connectivity index (χ3v) is 16.4. The molecule has 0 heterocycles. The van der Waals surface area contributed by atoms with Crippen LogP contribution >= 0.6 is 0 Å². The van der Waals surface area contributed by atoms with Crippen molar-refractivity contribution in [3.05, 3.63) is 82.9 Å². The van der Waals surface area contributed by atoms with Gasteiger partial charge in [0, 0.05) is 0 Å². The average molecular weight is 564 g/mol. The minimum absolute atomic E-state index is 0. The molecule has 0 fully saturated rings. The van der Waals surface area contributed by atoms with Crippen molar-refractivity contribution in [2.24, 2.45) is 11.8 Å². The van der Waals surface area contributed by atoms with Gasteiger partial charge in [0.1, 0.15) is 0 Å². The molecule has 0 N–H and O–H groups in total. The maximum Gasteiger partial charge on any atom is -1.00 e. The molecule has 2 atom stereocenters. The van der Waals surface area contributed by atoms with Gasteiger partial charge in [-0.1, -0.05) is 0 Å². The molecule has 2 unspecified atom stereocenters. The third-order valence-electron chi connectivity index (χ3n) is 6.10. The number of halogens is 2. The van der Waals surface area contributed by atoms with Gasteiger partial charge < -0.3 is 24.8 Å². The summed E-state index contributed by atoms with van der Waals surface area (Å²) in [4.78, 5) is 0. The zero-order valence-electron chi connectivity index (χ0n) is 16.3. The van der Waals surface area contributed by atoms with Gasteiger partial charge in [-0.2, -0.15) is 0 Å². The van der Waals surface area contributed by atoms with Crippen LogP contribution in [0.4, 0.5) is 0 Å². The SMILES string of the molecule is CC(C)[C]1([Hf+2][C]2(C(C)C)C=Cc3ccccc32)C=Cc2ccccc21.[Cl-].[Cl-]. The standard InChI is InChI=1S/2C12H13.2ClH.Hf/c2*1-9(2)11-8-7-10-5-3-4-6-12(10)11;;;/h2*3-9H,1-2H3;2*1H;/q;;;;+2/p-2. The van der Waals surface area contributed by atoms with Crippen molar-refractivity contribution < 1.29 is 47.7 Å². The van der Waals surface area contributed by atoms with Crippen LogP contribution in [0.1, 0.15) is 49.9 Å². The van der Waals surface area contributed by atoms with E-state index in [0.29, 0.717) is 18.2 Å². The summed E-state index contributed by atoms with van der Waals surface area (Å²) in [7, 11) is 0. The van der Waals surface area contributed by atoms with Crippen molar-refractivity contribution in [1.29, 1.82) is 0 Å². The summed E-state index contributed by atoms with van der Waals surface area (Å²) >= 11 is -1.20. The molecule has 140 valence electrons. The summed E-state index contributed by atoms with van der Waals surface area (Å²) in [6.45, 7) is 9.71. The average Bonchev–Trinajstić information content (AvgIpc) is 3.17. The smallest absolute Gasteiger partial charge is 1.00 e. The van der Waals surface area contributed by atoms with Gasteiger partial charge in [-0.3, -0.25) is 0 Å². The van der Waals surface area contributed by atoms with Gasteiger partial charge in [0.15, 0.2) is 0 Å².